The molecule has 5 heteroatoms. The molecule has 0 aromatic heterocycles. The molecule has 4 nitrogen and oxygen atoms in total. The smallest absolute Gasteiger partial charge is 0.872 e. The molecule has 8 bridgehead atoms. The zero-order valence-electron chi connectivity index (χ0n) is 32.2. The molecule has 1 aliphatic carbocycles. The van der Waals surface area contributed by atoms with Crippen molar-refractivity contribution in [2.45, 2.75) is 130 Å². The second kappa shape index (κ2) is 13.8. The van der Waals surface area contributed by atoms with Crippen LogP contribution >= 0.6 is 0 Å². The Morgan fingerprint density at radius 3 is 0.714 bits per heavy atom. The van der Waals surface area contributed by atoms with E-state index in [9.17, 15) is 20.4 Å². The summed E-state index contributed by atoms with van der Waals surface area (Å²) in [5.41, 5.74) is 8.96. The molecule has 256 valence electrons. The number of hydrogen-bond acceptors (Lipinski definition) is 4. The Labute approximate surface area is 343 Å². The van der Waals surface area contributed by atoms with Gasteiger partial charge in [-0.15, -0.1) is 5.75 Å². The van der Waals surface area contributed by atoms with Gasteiger partial charge < -0.3 is 20.4 Å². The van der Waals surface area contributed by atoms with Crippen LogP contribution in [0.5, 0.6) is 23.0 Å². The Morgan fingerprint density at radius 1 is 0.367 bits per heavy atom. The summed E-state index contributed by atoms with van der Waals surface area (Å²) in [6.45, 7) is 25.8. The topological polar surface area (TPSA) is 83.8 Å². The Balaban J connectivity index is 0.00000541. The number of fused-ring (bicyclic) bond motifs is 8. The Kier molecular flexibility index (Phi) is 11.2. The zero-order chi connectivity index (χ0) is 35.7. The summed E-state index contributed by atoms with van der Waals surface area (Å²) in [5, 5.41) is 50.0. The first-order chi connectivity index (χ1) is 21.9. The normalized spacial score (nSPS) is 14.0. The van der Waals surface area contributed by atoms with Crippen molar-refractivity contribution in [1.82, 2.24) is 0 Å². The summed E-state index contributed by atoms with van der Waals surface area (Å²) in [4.78, 5) is 0. The van der Waals surface area contributed by atoms with Crippen molar-refractivity contribution in [2.75, 3.05) is 0 Å². The summed E-state index contributed by atoms with van der Waals surface area (Å²) in [5.74, 6) is 0.451. The summed E-state index contributed by atoms with van der Waals surface area (Å²) in [6, 6.07) is 16.3. The number of rotatable bonds is 0. The third-order valence-corrected chi connectivity index (χ3v) is 10.0. The second-order valence-corrected chi connectivity index (χ2v) is 18.3. The van der Waals surface area contributed by atoms with E-state index in [-0.39, 0.29) is 116 Å². The Morgan fingerprint density at radius 2 is 0.531 bits per heavy atom. The maximum absolute atomic E-state index is 14.3. The van der Waals surface area contributed by atoms with Crippen LogP contribution in [0, 0.1) is 0 Å². The van der Waals surface area contributed by atoms with Gasteiger partial charge in [0, 0.05) is 25.7 Å². The first kappa shape index (κ1) is 39.7. The summed E-state index contributed by atoms with van der Waals surface area (Å²) < 4.78 is 0. The fourth-order valence-corrected chi connectivity index (χ4v) is 6.66. The molecule has 0 heterocycles. The molecular formula is C44H55O4Rb. The van der Waals surface area contributed by atoms with Gasteiger partial charge in [-0.1, -0.05) is 143 Å². The number of hydrogen-bond donors (Lipinski definition) is 3. The molecule has 0 saturated carbocycles. The van der Waals surface area contributed by atoms with Crippen LogP contribution in [0.2, 0.25) is 0 Å². The van der Waals surface area contributed by atoms with Gasteiger partial charge in [-0.05, 0) is 77.3 Å². The predicted octanol–water partition coefficient (Wildman–Crippen LogP) is 6.75. The van der Waals surface area contributed by atoms with Crippen LogP contribution in [0.1, 0.15) is 150 Å². The van der Waals surface area contributed by atoms with Crippen molar-refractivity contribution in [3.8, 4) is 23.0 Å². The molecule has 3 N–H and O–H groups in total. The van der Waals surface area contributed by atoms with Gasteiger partial charge in [0.15, 0.2) is 0 Å². The predicted molar refractivity (Wildman–Crippen MR) is 196 cm³/mol. The quantitative estimate of drug-likeness (QED) is 0.165. The first-order valence-corrected chi connectivity index (χ1v) is 17.3. The molecule has 0 fully saturated rings. The van der Waals surface area contributed by atoms with Crippen molar-refractivity contribution in [2.24, 2.45) is 0 Å². The van der Waals surface area contributed by atoms with Gasteiger partial charge in [-0.3, -0.25) is 0 Å². The van der Waals surface area contributed by atoms with Gasteiger partial charge >= 0.3 is 58.2 Å². The molecule has 0 amide bonds. The van der Waals surface area contributed by atoms with Crippen LogP contribution in [-0.4, -0.2) is 15.3 Å². The Hall–Kier alpha value is -2.11. The minimum absolute atomic E-state index is 0. The maximum Gasteiger partial charge on any atom is 1.00 e. The van der Waals surface area contributed by atoms with Crippen LogP contribution in [0.25, 0.3) is 0 Å². The molecule has 0 atom stereocenters. The van der Waals surface area contributed by atoms with Gasteiger partial charge in [-0.25, -0.2) is 0 Å². The van der Waals surface area contributed by atoms with Crippen molar-refractivity contribution in [3.63, 3.8) is 0 Å². The van der Waals surface area contributed by atoms with Crippen molar-refractivity contribution >= 4 is 0 Å². The third kappa shape index (κ3) is 8.51. The van der Waals surface area contributed by atoms with E-state index < -0.39 is 0 Å². The van der Waals surface area contributed by atoms with Crippen molar-refractivity contribution in [1.29, 1.82) is 0 Å². The van der Waals surface area contributed by atoms with E-state index in [2.05, 4.69) is 95.2 Å². The van der Waals surface area contributed by atoms with Gasteiger partial charge in [-0.2, -0.15) is 0 Å². The molecule has 0 aliphatic heterocycles. The molecule has 0 saturated heterocycles. The molecule has 0 spiro atoms. The number of benzene rings is 4. The number of phenols is 3. The van der Waals surface area contributed by atoms with Crippen LogP contribution < -0.4 is 63.3 Å². The average molecular weight is 733 g/mol. The van der Waals surface area contributed by atoms with Crippen molar-refractivity contribution in [3.05, 3.63) is 115 Å². The van der Waals surface area contributed by atoms with Gasteiger partial charge in [0.2, 0.25) is 0 Å². The summed E-state index contributed by atoms with van der Waals surface area (Å²) >= 11 is 0. The maximum atomic E-state index is 14.3. The molecule has 0 unspecified atom stereocenters. The standard InChI is InChI=1S/C44H56O4.Rb/c1-41(2,3)33-17-25-13-27-19-34(42(4,5)6)21-29(38(27)46)15-31-23-36(44(10,11)12)24-32(40(31)48)16-30-22-35(43(7,8)9)20-28(39(30)47)14-26(18-33)37(25)45;/h17-24,45-48H,13-16H2,1-12H3;/q;+1/p-1. The van der Waals surface area contributed by atoms with Crippen LogP contribution in [0.3, 0.4) is 0 Å². The third-order valence-electron chi connectivity index (χ3n) is 10.0. The average Bonchev–Trinajstić information content (AvgIpc) is 2.93. The monoisotopic (exact) mass is 732 g/mol. The number of aromatic hydroxyl groups is 3. The van der Waals surface area contributed by atoms with E-state index in [4.69, 9.17) is 0 Å². The number of phenolic OH excluding ortho intramolecular Hbond substituents is 3. The zero-order valence-corrected chi connectivity index (χ0v) is 37.1. The largest absolute Gasteiger partial charge is 1.00 e. The van der Waals surface area contributed by atoms with E-state index in [0.29, 0.717) is 35.1 Å². The molecule has 49 heavy (non-hydrogen) atoms. The molecule has 4 aromatic carbocycles. The second-order valence-electron chi connectivity index (χ2n) is 18.3. The Bertz CT molecular complexity index is 1520. The van der Waals surface area contributed by atoms with Crippen LogP contribution in [0.4, 0.5) is 0 Å². The molecule has 0 radical (unpaired) electrons. The van der Waals surface area contributed by atoms with Crippen LogP contribution in [-0.2, 0) is 47.3 Å². The summed E-state index contributed by atoms with van der Waals surface area (Å²) in [6.07, 6.45) is 1.19. The van der Waals surface area contributed by atoms with Gasteiger partial charge in [0.05, 0.1) is 0 Å². The molecule has 5 rings (SSSR count). The van der Waals surface area contributed by atoms with E-state index in [0.717, 1.165) is 44.5 Å². The first-order valence-electron chi connectivity index (χ1n) is 17.3. The SMILES string of the molecule is CC(C)(C)c1cc2c([O-])c(c1)Cc1cc(C(C)(C)C)cc(c1O)Cc1cc(C(C)(C)C)cc(c1O)Cc1cc(C(C)(C)C)cc(c1O)C2.[Rb+]. The minimum Gasteiger partial charge on any atom is -0.872 e. The van der Waals surface area contributed by atoms with E-state index in [1.165, 1.54) is 0 Å². The van der Waals surface area contributed by atoms with Crippen LogP contribution in [0.15, 0.2) is 48.5 Å². The molecular weight excluding hydrogens is 678 g/mol. The molecule has 4 aromatic rings. The van der Waals surface area contributed by atoms with E-state index in [1.807, 2.05) is 36.4 Å². The van der Waals surface area contributed by atoms with Gasteiger partial charge in [0.25, 0.3) is 0 Å². The summed E-state index contributed by atoms with van der Waals surface area (Å²) in [7, 11) is 0. The minimum atomic E-state index is -0.218. The van der Waals surface area contributed by atoms with E-state index >= 15 is 0 Å². The van der Waals surface area contributed by atoms with Crippen molar-refractivity contribution < 1.29 is 78.6 Å². The van der Waals surface area contributed by atoms with Gasteiger partial charge in [0.1, 0.15) is 17.2 Å². The fourth-order valence-electron chi connectivity index (χ4n) is 6.66. The van der Waals surface area contributed by atoms with E-state index in [1.54, 1.807) is 0 Å². The molecule has 1 aliphatic rings. The fraction of sp³-hybridized carbons (Fsp3) is 0.455.